The minimum absolute atomic E-state index is 0.0313. The van der Waals surface area contributed by atoms with Gasteiger partial charge in [0.05, 0.1) is 36.7 Å². The van der Waals surface area contributed by atoms with E-state index in [1.807, 2.05) is 72.5 Å². The Balaban J connectivity index is 1.37. The fourth-order valence-corrected chi connectivity index (χ4v) is 4.69. The molecule has 0 saturated carbocycles. The standard InChI is InChI=1S/C29H30N4O3/c1-20-7-9-25-23(16-20)24(18-27(31-25)26-6-4-5-11-30-26)29(34)33-14-12-32(13-15-33)19-21-17-22(35-2)8-10-28(21)36-3/h4-11,16-18H,12-15,19H2,1-3H3. The third kappa shape index (κ3) is 4.88. The number of nitrogens with zero attached hydrogens (tertiary/aromatic N) is 4. The number of pyridine rings is 2. The Morgan fingerprint density at radius 1 is 0.917 bits per heavy atom. The molecule has 2 aromatic heterocycles. The van der Waals surface area contributed by atoms with E-state index in [1.165, 1.54) is 0 Å². The number of fused-ring (bicyclic) bond motifs is 1. The molecule has 2 aromatic carbocycles. The number of carbonyl (C=O) groups excluding carboxylic acids is 1. The summed E-state index contributed by atoms with van der Waals surface area (Å²) in [5, 5.41) is 0.878. The summed E-state index contributed by atoms with van der Waals surface area (Å²) in [5.41, 5.74) is 5.11. The number of methoxy groups -OCH3 is 2. The zero-order valence-corrected chi connectivity index (χ0v) is 20.9. The first-order valence-electron chi connectivity index (χ1n) is 12.1. The second-order valence-electron chi connectivity index (χ2n) is 9.04. The molecule has 5 rings (SSSR count). The molecular weight excluding hydrogens is 452 g/mol. The number of aryl methyl sites for hydroxylation is 1. The topological polar surface area (TPSA) is 67.8 Å². The smallest absolute Gasteiger partial charge is 0.254 e. The first-order chi connectivity index (χ1) is 17.6. The molecule has 0 aliphatic carbocycles. The van der Waals surface area contributed by atoms with Gasteiger partial charge in [-0.15, -0.1) is 0 Å². The average Bonchev–Trinajstić information content (AvgIpc) is 2.93. The normalized spacial score (nSPS) is 14.1. The molecule has 1 saturated heterocycles. The van der Waals surface area contributed by atoms with Gasteiger partial charge in [0, 0.05) is 49.9 Å². The summed E-state index contributed by atoms with van der Waals surface area (Å²) in [4.78, 5) is 27.3. The molecule has 3 heterocycles. The van der Waals surface area contributed by atoms with Crippen LogP contribution >= 0.6 is 0 Å². The maximum Gasteiger partial charge on any atom is 0.254 e. The largest absolute Gasteiger partial charge is 0.497 e. The van der Waals surface area contributed by atoms with Crippen LogP contribution in [0.15, 0.2) is 66.9 Å². The van der Waals surface area contributed by atoms with Crippen LogP contribution in [0.2, 0.25) is 0 Å². The Morgan fingerprint density at radius 3 is 2.47 bits per heavy atom. The van der Waals surface area contributed by atoms with Crippen LogP contribution in [-0.4, -0.2) is 66.1 Å². The van der Waals surface area contributed by atoms with E-state index in [9.17, 15) is 4.79 Å². The third-order valence-corrected chi connectivity index (χ3v) is 6.66. The molecule has 1 aliphatic rings. The van der Waals surface area contributed by atoms with Crippen LogP contribution in [0.25, 0.3) is 22.3 Å². The van der Waals surface area contributed by atoms with Crippen molar-refractivity contribution in [3.8, 4) is 22.9 Å². The summed E-state index contributed by atoms with van der Waals surface area (Å²) < 4.78 is 10.9. The molecule has 1 amide bonds. The predicted molar refractivity (Wildman–Crippen MR) is 140 cm³/mol. The number of piperazine rings is 1. The van der Waals surface area contributed by atoms with Crippen molar-refractivity contribution in [3.63, 3.8) is 0 Å². The Bertz CT molecular complexity index is 1380. The fraction of sp³-hybridized carbons (Fsp3) is 0.276. The number of aromatic nitrogens is 2. The first-order valence-corrected chi connectivity index (χ1v) is 12.1. The maximum atomic E-state index is 13.8. The van der Waals surface area contributed by atoms with Crippen molar-refractivity contribution < 1.29 is 14.3 Å². The molecule has 1 aliphatic heterocycles. The molecule has 184 valence electrons. The van der Waals surface area contributed by atoms with Gasteiger partial charge in [-0.1, -0.05) is 17.7 Å². The van der Waals surface area contributed by atoms with E-state index < -0.39 is 0 Å². The van der Waals surface area contributed by atoms with Gasteiger partial charge in [0.25, 0.3) is 5.91 Å². The first kappa shape index (κ1) is 23.8. The molecule has 7 heteroatoms. The molecule has 0 N–H and O–H groups in total. The van der Waals surface area contributed by atoms with E-state index >= 15 is 0 Å². The van der Waals surface area contributed by atoms with Gasteiger partial charge < -0.3 is 14.4 Å². The fourth-order valence-electron chi connectivity index (χ4n) is 4.69. The Kier molecular flexibility index (Phi) is 6.82. The van der Waals surface area contributed by atoms with Crippen molar-refractivity contribution in [2.45, 2.75) is 13.5 Å². The van der Waals surface area contributed by atoms with E-state index in [0.29, 0.717) is 24.3 Å². The molecule has 0 spiro atoms. The van der Waals surface area contributed by atoms with Crippen molar-refractivity contribution in [1.82, 2.24) is 19.8 Å². The highest BCUT2D eigenvalue weighted by Gasteiger charge is 2.25. The van der Waals surface area contributed by atoms with Crippen molar-refractivity contribution in [1.29, 1.82) is 0 Å². The van der Waals surface area contributed by atoms with Crippen molar-refractivity contribution in [3.05, 3.63) is 83.6 Å². The monoisotopic (exact) mass is 482 g/mol. The summed E-state index contributed by atoms with van der Waals surface area (Å²) >= 11 is 0. The van der Waals surface area contributed by atoms with Crippen molar-refractivity contribution in [2.24, 2.45) is 0 Å². The molecular formula is C29H30N4O3. The predicted octanol–water partition coefficient (Wildman–Crippen LogP) is 4.58. The van der Waals surface area contributed by atoms with E-state index in [1.54, 1.807) is 20.4 Å². The Labute approximate surface area is 211 Å². The molecule has 7 nitrogen and oxygen atoms in total. The van der Waals surface area contributed by atoms with Crippen LogP contribution in [0.5, 0.6) is 11.5 Å². The zero-order valence-electron chi connectivity index (χ0n) is 20.9. The molecule has 0 atom stereocenters. The van der Waals surface area contributed by atoms with Crippen LogP contribution in [0.1, 0.15) is 21.5 Å². The highest BCUT2D eigenvalue weighted by atomic mass is 16.5. The molecule has 4 aromatic rings. The highest BCUT2D eigenvalue weighted by Crippen LogP contribution is 2.28. The lowest BCUT2D eigenvalue weighted by molar-refractivity contribution is 0.0629. The van der Waals surface area contributed by atoms with Gasteiger partial charge >= 0.3 is 0 Å². The summed E-state index contributed by atoms with van der Waals surface area (Å²) in [6.07, 6.45) is 1.74. The number of hydrogen-bond donors (Lipinski definition) is 0. The van der Waals surface area contributed by atoms with Crippen LogP contribution < -0.4 is 9.47 Å². The number of carbonyl (C=O) groups is 1. The van der Waals surface area contributed by atoms with Gasteiger partial charge in [-0.2, -0.15) is 0 Å². The minimum atomic E-state index is 0.0313. The van der Waals surface area contributed by atoms with Crippen LogP contribution in [0.4, 0.5) is 0 Å². The van der Waals surface area contributed by atoms with Crippen molar-refractivity contribution >= 4 is 16.8 Å². The van der Waals surface area contributed by atoms with E-state index in [0.717, 1.165) is 58.9 Å². The Hall–Kier alpha value is -3.97. The van der Waals surface area contributed by atoms with Crippen LogP contribution in [-0.2, 0) is 6.54 Å². The lowest BCUT2D eigenvalue weighted by Crippen LogP contribution is -2.48. The molecule has 36 heavy (non-hydrogen) atoms. The van der Waals surface area contributed by atoms with E-state index in [4.69, 9.17) is 14.5 Å². The minimum Gasteiger partial charge on any atom is -0.497 e. The van der Waals surface area contributed by atoms with E-state index in [2.05, 4.69) is 9.88 Å². The van der Waals surface area contributed by atoms with Crippen LogP contribution in [0.3, 0.4) is 0 Å². The van der Waals surface area contributed by atoms with Gasteiger partial charge in [0.15, 0.2) is 0 Å². The van der Waals surface area contributed by atoms with Crippen LogP contribution in [0, 0.1) is 6.92 Å². The molecule has 0 bridgehead atoms. The maximum absolute atomic E-state index is 13.8. The highest BCUT2D eigenvalue weighted by molar-refractivity contribution is 6.07. The summed E-state index contributed by atoms with van der Waals surface area (Å²) in [6, 6.07) is 19.5. The summed E-state index contributed by atoms with van der Waals surface area (Å²) in [6.45, 7) is 5.64. The number of benzene rings is 2. The number of rotatable bonds is 6. The average molecular weight is 483 g/mol. The second kappa shape index (κ2) is 10.3. The lowest BCUT2D eigenvalue weighted by Gasteiger charge is -2.35. The quantitative estimate of drug-likeness (QED) is 0.401. The van der Waals surface area contributed by atoms with E-state index in [-0.39, 0.29) is 5.91 Å². The summed E-state index contributed by atoms with van der Waals surface area (Å²) in [5.74, 6) is 1.68. The van der Waals surface area contributed by atoms with Gasteiger partial charge in [-0.25, -0.2) is 4.98 Å². The number of amides is 1. The van der Waals surface area contributed by atoms with Crippen molar-refractivity contribution in [2.75, 3.05) is 40.4 Å². The number of hydrogen-bond acceptors (Lipinski definition) is 6. The zero-order chi connectivity index (χ0) is 25.1. The van der Waals surface area contributed by atoms with Gasteiger partial charge in [-0.3, -0.25) is 14.7 Å². The summed E-state index contributed by atoms with van der Waals surface area (Å²) in [7, 11) is 3.35. The lowest BCUT2D eigenvalue weighted by atomic mass is 10.0. The number of ether oxygens (including phenoxy) is 2. The van der Waals surface area contributed by atoms with Gasteiger partial charge in [0.1, 0.15) is 11.5 Å². The SMILES string of the molecule is COc1ccc(OC)c(CN2CCN(C(=O)c3cc(-c4ccccn4)nc4ccc(C)cc34)CC2)c1. The molecule has 1 fully saturated rings. The molecule has 0 unspecified atom stereocenters. The third-order valence-electron chi connectivity index (χ3n) is 6.66. The second-order valence-corrected chi connectivity index (χ2v) is 9.04. The van der Waals surface area contributed by atoms with Gasteiger partial charge in [0.2, 0.25) is 0 Å². The van der Waals surface area contributed by atoms with Gasteiger partial charge in [-0.05, 0) is 55.5 Å². The molecule has 0 radical (unpaired) electrons. The Morgan fingerprint density at radius 2 is 1.75 bits per heavy atom.